The van der Waals surface area contributed by atoms with Gasteiger partial charge in [0.05, 0.1) is 9.92 Å². The molecule has 0 saturated heterocycles. The number of rotatable bonds is 3. The molecule has 126 valence electrons. The van der Waals surface area contributed by atoms with Crippen molar-refractivity contribution in [3.63, 3.8) is 0 Å². The second kappa shape index (κ2) is 6.33. The van der Waals surface area contributed by atoms with Gasteiger partial charge in [0.1, 0.15) is 10.8 Å². The van der Waals surface area contributed by atoms with Crippen LogP contribution in [0.15, 0.2) is 35.2 Å². The summed E-state index contributed by atoms with van der Waals surface area (Å²) in [5, 5.41) is 0.393. The molecule has 0 unspecified atom stereocenters. The van der Waals surface area contributed by atoms with Gasteiger partial charge in [0.2, 0.25) is 10.0 Å². The number of benzene rings is 1. The molecule has 9 heteroatoms. The Morgan fingerprint density at radius 1 is 1.25 bits per heavy atom. The van der Waals surface area contributed by atoms with Gasteiger partial charge >= 0.3 is 0 Å². The number of carbonyl (C=O) groups excluding carboxylic acids is 1. The number of nitrogens with zero attached hydrogens (tertiary/aromatic N) is 2. The zero-order valence-corrected chi connectivity index (χ0v) is 14.9. The summed E-state index contributed by atoms with van der Waals surface area (Å²) >= 11 is 11.9. The number of nitrogens with one attached hydrogen (secondary N) is 1. The summed E-state index contributed by atoms with van der Waals surface area (Å²) in [6.45, 7) is 0.418. The molecule has 0 fully saturated rings. The molecule has 0 aliphatic carbocycles. The van der Waals surface area contributed by atoms with Gasteiger partial charge in [0, 0.05) is 12.2 Å². The number of hydrogen-bond acceptors (Lipinski definition) is 4. The molecule has 24 heavy (non-hydrogen) atoms. The van der Waals surface area contributed by atoms with Gasteiger partial charge in [-0.1, -0.05) is 23.2 Å². The molecule has 0 spiro atoms. The van der Waals surface area contributed by atoms with Crippen LogP contribution in [0.3, 0.4) is 0 Å². The van der Waals surface area contributed by atoms with E-state index in [2.05, 4.69) is 9.71 Å². The maximum atomic E-state index is 12.7. The standard InChI is InChI=1S/C15H13Cl2N3O3S/c1-18-24(22,23)10-2-4-12-9(8-10)6-7-20(12)15(21)14-11(16)3-5-13(17)19-14/h2-5,8,18H,6-7H2,1H3. The Morgan fingerprint density at radius 2 is 2.00 bits per heavy atom. The van der Waals surface area contributed by atoms with Crippen LogP contribution in [0.1, 0.15) is 16.1 Å². The Hall–Kier alpha value is -1.67. The van der Waals surface area contributed by atoms with Crippen molar-refractivity contribution in [1.82, 2.24) is 9.71 Å². The summed E-state index contributed by atoms with van der Waals surface area (Å²) < 4.78 is 26.0. The molecule has 1 N–H and O–H groups in total. The molecule has 1 aliphatic heterocycles. The van der Waals surface area contributed by atoms with Crippen LogP contribution in [0.2, 0.25) is 10.2 Å². The van der Waals surface area contributed by atoms with E-state index >= 15 is 0 Å². The summed E-state index contributed by atoms with van der Waals surface area (Å²) in [5.41, 5.74) is 1.50. The average molecular weight is 386 g/mol. The van der Waals surface area contributed by atoms with Crippen molar-refractivity contribution in [3.8, 4) is 0 Å². The molecule has 1 aliphatic rings. The first kappa shape index (κ1) is 17.2. The highest BCUT2D eigenvalue weighted by molar-refractivity contribution is 7.89. The molecule has 2 heterocycles. The Bertz CT molecular complexity index is 932. The van der Waals surface area contributed by atoms with Crippen molar-refractivity contribution < 1.29 is 13.2 Å². The van der Waals surface area contributed by atoms with Gasteiger partial charge in [-0.05, 0) is 49.4 Å². The molecule has 0 bridgehead atoms. The number of carbonyl (C=O) groups is 1. The number of fused-ring (bicyclic) bond motifs is 1. The fraction of sp³-hybridized carbons (Fsp3) is 0.200. The number of aromatic nitrogens is 1. The first-order valence-corrected chi connectivity index (χ1v) is 9.28. The highest BCUT2D eigenvalue weighted by Gasteiger charge is 2.29. The van der Waals surface area contributed by atoms with E-state index in [1.807, 2.05) is 0 Å². The van der Waals surface area contributed by atoms with Gasteiger partial charge in [-0.2, -0.15) is 0 Å². The van der Waals surface area contributed by atoms with E-state index in [-0.39, 0.29) is 26.7 Å². The minimum Gasteiger partial charge on any atom is -0.306 e. The van der Waals surface area contributed by atoms with Crippen molar-refractivity contribution in [1.29, 1.82) is 0 Å². The summed E-state index contributed by atoms with van der Waals surface area (Å²) in [5.74, 6) is -0.370. The van der Waals surface area contributed by atoms with E-state index in [9.17, 15) is 13.2 Å². The molecular formula is C15H13Cl2N3O3S. The van der Waals surface area contributed by atoms with E-state index in [0.29, 0.717) is 18.7 Å². The Labute approximate surface area is 149 Å². The zero-order valence-electron chi connectivity index (χ0n) is 12.6. The fourth-order valence-electron chi connectivity index (χ4n) is 2.57. The molecule has 1 aromatic heterocycles. The van der Waals surface area contributed by atoms with Gasteiger partial charge in [-0.25, -0.2) is 18.1 Å². The Kier molecular flexibility index (Phi) is 4.52. The topological polar surface area (TPSA) is 79.4 Å². The third kappa shape index (κ3) is 3.00. The molecule has 2 aromatic rings. The van der Waals surface area contributed by atoms with E-state index in [0.717, 1.165) is 5.56 Å². The minimum absolute atomic E-state index is 0.0731. The lowest BCUT2D eigenvalue weighted by Crippen LogP contribution is -2.30. The summed E-state index contributed by atoms with van der Waals surface area (Å²) in [6.07, 6.45) is 0.548. The number of sulfonamides is 1. The van der Waals surface area contributed by atoms with Gasteiger partial charge in [0.25, 0.3) is 5.91 Å². The van der Waals surface area contributed by atoms with E-state index < -0.39 is 10.0 Å². The SMILES string of the molecule is CNS(=O)(=O)c1ccc2c(c1)CCN2C(=O)c1nc(Cl)ccc1Cl. The predicted molar refractivity (Wildman–Crippen MR) is 92.3 cm³/mol. The Balaban J connectivity index is 1.98. The van der Waals surface area contributed by atoms with Crippen LogP contribution in [0.4, 0.5) is 5.69 Å². The third-order valence-corrected chi connectivity index (χ3v) is 5.71. The van der Waals surface area contributed by atoms with Gasteiger partial charge in [0.15, 0.2) is 0 Å². The fourth-order valence-corrected chi connectivity index (χ4v) is 3.68. The molecule has 1 aromatic carbocycles. The van der Waals surface area contributed by atoms with Crippen LogP contribution in [-0.4, -0.2) is 32.9 Å². The van der Waals surface area contributed by atoms with Crippen LogP contribution in [-0.2, 0) is 16.4 Å². The number of hydrogen-bond donors (Lipinski definition) is 1. The second-order valence-electron chi connectivity index (χ2n) is 5.17. The quantitative estimate of drug-likeness (QED) is 0.823. The third-order valence-electron chi connectivity index (χ3n) is 3.79. The van der Waals surface area contributed by atoms with Crippen LogP contribution in [0, 0.1) is 0 Å². The van der Waals surface area contributed by atoms with Crippen molar-refractivity contribution in [2.24, 2.45) is 0 Å². The number of pyridine rings is 1. The Morgan fingerprint density at radius 3 is 2.71 bits per heavy atom. The molecule has 0 radical (unpaired) electrons. The van der Waals surface area contributed by atoms with Crippen LogP contribution >= 0.6 is 23.2 Å². The second-order valence-corrected chi connectivity index (χ2v) is 7.85. The highest BCUT2D eigenvalue weighted by atomic mass is 35.5. The minimum atomic E-state index is -3.53. The molecular weight excluding hydrogens is 373 g/mol. The van der Waals surface area contributed by atoms with E-state index in [4.69, 9.17) is 23.2 Å². The lowest BCUT2D eigenvalue weighted by atomic mass is 10.2. The van der Waals surface area contributed by atoms with Crippen molar-refractivity contribution in [3.05, 3.63) is 51.8 Å². The van der Waals surface area contributed by atoms with E-state index in [1.165, 1.54) is 30.1 Å². The molecule has 6 nitrogen and oxygen atoms in total. The van der Waals surface area contributed by atoms with Gasteiger partial charge in [-0.3, -0.25) is 4.79 Å². The highest BCUT2D eigenvalue weighted by Crippen LogP contribution is 2.32. The predicted octanol–water partition coefficient (Wildman–Crippen LogP) is 2.50. The number of halogens is 2. The van der Waals surface area contributed by atoms with Crippen LogP contribution in [0.25, 0.3) is 0 Å². The van der Waals surface area contributed by atoms with Crippen LogP contribution in [0.5, 0.6) is 0 Å². The molecule has 0 saturated carbocycles. The normalized spacial score (nSPS) is 13.9. The maximum absolute atomic E-state index is 12.7. The number of amides is 1. The first-order valence-electron chi connectivity index (χ1n) is 7.04. The molecule has 0 atom stereocenters. The largest absolute Gasteiger partial charge is 0.306 e. The van der Waals surface area contributed by atoms with E-state index in [1.54, 1.807) is 12.1 Å². The first-order chi connectivity index (χ1) is 11.3. The van der Waals surface area contributed by atoms with Crippen molar-refractivity contribution in [2.75, 3.05) is 18.5 Å². The molecule has 1 amide bonds. The lowest BCUT2D eigenvalue weighted by Gasteiger charge is -2.17. The van der Waals surface area contributed by atoms with Crippen molar-refractivity contribution in [2.45, 2.75) is 11.3 Å². The summed E-state index contributed by atoms with van der Waals surface area (Å²) in [7, 11) is -2.17. The summed E-state index contributed by atoms with van der Waals surface area (Å²) in [4.78, 5) is 18.4. The van der Waals surface area contributed by atoms with Gasteiger partial charge < -0.3 is 4.90 Å². The summed E-state index contributed by atoms with van der Waals surface area (Å²) in [6, 6.07) is 7.67. The maximum Gasteiger partial charge on any atom is 0.278 e. The lowest BCUT2D eigenvalue weighted by molar-refractivity contribution is 0.0985. The number of anilines is 1. The average Bonchev–Trinajstić information content (AvgIpc) is 2.99. The van der Waals surface area contributed by atoms with Crippen LogP contribution < -0.4 is 9.62 Å². The monoisotopic (exact) mass is 385 g/mol. The zero-order chi connectivity index (χ0) is 17.5. The van der Waals surface area contributed by atoms with Gasteiger partial charge in [-0.15, -0.1) is 0 Å². The smallest absolute Gasteiger partial charge is 0.278 e. The van der Waals surface area contributed by atoms with Crippen molar-refractivity contribution >= 4 is 44.8 Å². The molecule has 3 rings (SSSR count).